The molecule has 26 heavy (non-hydrogen) atoms. The summed E-state index contributed by atoms with van der Waals surface area (Å²) in [7, 11) is 1.65. The van der Waals surface area contributed by atoms with Crippen LogP contribution in [-0.4, -0.2) is 48.9 Å². The van der Waals surface area contributed by atoms with E-state index in [1.165, 1.54) is 11.1 Å². The van der Waals surface area contributed by atoms with E-state index >= 15 is 0 Å². The van der Waals surface area contributed by atoms with Gasteiger partial charge in [0, 0.05) is 36.1 Å². The Morgan fingerprint density at radius 1 is 1.19 bits per heavy atom. The Morgan fingerprint density at radius 2 is 2.00 bits per heavy atom. The quantitative estimate of drug-likeness (QED) is 0.737. The highest BCUT2D eigenvalue weighted by Crippen LogP contribution is 2.47. The summed E-state index contributed by atoms with van der Waals surface area (Å²) in [6.45, 7) is 2.37. The smallest absolute Gasteiger partial charge is 0.255 e. The van der Waals surface area contributed by atoms with Crippen molar-refractivity contribution in [2.75, 3.05) is 20.2 Å². The van der Waals surface area contributed by atoms with Gasteiger partial charge in [-0.25, -0.2) is 0 Å². The van der Waals surface area contributed by atoms with Crippen LogP contribution in [0, 0.1) is 5.41 Å². The summed E-state index contributed by atoms with van der Waals surface area (Å²) in [6, 6.07) is 1.42. The number of imide groups is 1. The van der Waals surface area contributed by atoms with Crippen LogP contribution in [0.25, 0.3) is 0 Å². The Morgan fingerprint density at radius 3 is 2.65 bits per heavy atom. The lowest BCUT2D eigenvalue weighted by atomic mass is 9.79. The van der Waals surface area contributed by atoms with Crippen LogP contribution in [0.4, 0.5) is 0 Å². The standard InChI is InChI=1S/C19H21N3O4/c1-26-16-12-6-19(8-20-9-19)5-10(12)4-11-13(16)7-22(18(11)25)14-2-3-15(23)21-17(14)24/h4,14,20H,2-3,5-9H2,1H3,(H,21,23,24). The molecule has 0 saturated carbocycles. The first-order valence-electron chi connectivity index (χ1n) is 9.08. The molecule has 0 bridgehead atoms. The fraction of sp³-hybridized carbons (Fsp3) is 0.526. The molecule has 5 rings (SSSR count). The second-order valence-electron chi connectivity index (χ2n) is 7.93. The van der Waals surface area contributed by atoms with Crippen LogP contribution in [0.15, 0.2) is 6.07 Å². The molecular formula is C19H21N3O4. The molecule has 1 unspecified atom stereocenters. The van der Waals surface area contributed by atoms with Crippen molar-refractivity contribution in [3.8, 4) is 5.75 Å². The normalized spacial score (nSPS) is 25.8. The molecule has 1 aromatic rings. The van der Waals surface area contributed by atoms with E-state index in [4.69, 9.17) is 4.74 Å². The van der Waals surface area contributed by atoms with Gasteiger partial charge in [-0.2, -0.15) is 0 Å². The zero-order chi connectivity index (χ0) is 18.1. The minimum atomic E-state index is -0.589. The largest absolute Gasteiger partial charge is 0.496 e. The second kappa shape index (κ2) is 5.30. The van der Waals surface area contributed by atoms with Crippen LogP contribution >= 0.6 is 0 Å². The van der Waals surface area contributed by atoms with Crippen LogP contribution < -0.4 is 15.4 Å². The van der Waals surface area contributed by atoms with E-state index < -0.39 is 6.04 Å². The molecule has 7 heteroatoms. The van der Waals surface area contributed by atoms with E-state index in [1.807, 2.05) is 6.07 Å². The van der Waals surface area contributed by atoms with Crippen LogP contribution in [0.1, 0.15) is 39.9 Å². The minimum Gasteiger partial charge on any atom is -0.496 e. The van der Waals surface area contributed by atoms with Gasteiger partial charge in [0.25, 0.3) is 5.91 Å². The van der Waals surface area contributed by atoms with Gasteiger partial charge >= 0.3 is 0 Å². The predicted octanol–water partition coefficient (Wildman–Crippen LogP) is 0.144. The summed E-state index contributed by atoms with van der Waals surface area (Å²) in [5.41, 5.74) is 4.21. The molecule has 3 heterocycles. The minimum absolute atomic E-state index is 0.136. The highest BCUT2D eigenvalue weighted by molar-refractivity contribution is 6.06. The fourth-order valence-corrected chi connectivity index (χ4v) is 4.94. The fourth-order valence-electron chi connectivity index (χ4n) is 4.94. The summed E-state index contributed by atoms with van der Waals surface area (Å²) in [6.07, 6.45) is 2.57. The number of methoxy groups -OCH3 is 1. The lowest BCUT2D eigenvalue weighted by molar-refractivity contribution is -0.136. The third-order valence-corrected chi connectivity index (χ3v) is 6.31. The molecule has 7 nitrogen and oxygen atoms in total. The first-order chi connectivity index (χ1) is 12.5. The molecule has 1 atom stereocenters. The zero-order valence-electron chi connectivity index (χ0n) is 14.7. The molecule has 136 valence electrons. The number of amides is 3. The first kappa shape index (κ1) is 15.8. The number of rotatable bonds is 2. The highest BCUT2D eigenvalue weighted by atomic mass is 16.5. The summed E-state index contributed by atoms with van der Waals surface area (Å²) >= 11 is 0. The van der Waals surface area contributed by atoms with Crippen LogP contribution in [0.5, 0.6) is 5.75 Å². The van der Waals surface area contributed by atoms with Gasteiger partial charge in [0.1, 0.15) is 11.8 Å². The lowest BCUT2D eigenvalue weighted by Gasteiger charge is -2.39. The van der Waals surface area contributed by atoms with Crippen LogP contribution in [0.3, 0.4) is 0 Å². The highest BCUT2D eigenvalue weighted by Gasteiger charge is 2.47. The van der Waals surface area contributed by atoms with Crippen LogP contribution in [0.2, 0.25) is 0 Å². The number of piperidine rings is 1. The maximum Gasteiger partial charge on any atom is 0.255 e. The third-order valence-electron chi connectivity index (χ3n) is 6.31. The monoisotopic (exact) mass is 355 g/mol. The van der Waals surface area contributed by atoms with Gasteiger partial charge in [-0.3, -0.25) is 19.7 Å². The van der Waals surface area contributed by atoms with Crippen molar-refractivity contribution in [3.05, 3.63) is 28.3 Å². The maximum absolute atomic E-state index is 13.0. The number of carbonyl (C=O) groups excluding carboxylic acids is 3. The summed E-state index contributed by atoms with van der Waals surface area (Å²) < 4.78 is 5.74. The topological polar surface area (TPSA) is 87.7 Å². The van der Waals surface area contributed by atoms with Crippen molar-refractivity contribution < 1.29 is 19.1 Å². The van der Waals surface area contributed by atoms with Crippen LogP contribution in [-0.2, 0) is 29.0 Å². The van der Waals surface area contributed by atoms with E-state index in [9.17, 15) is 14.4 Å². The van der Waals surface area contributed by atoms with Crippen molar-refractivity contribution in [2.24, 2.45) is 5.41 Å². The van der Waals surface area contributed by atoms with E-state index in [2.05, 4.69) is 10.6 Å². The summed E-state index contributed by atoms with van der Waals surface area (Å²) in [5.74, 6) is 0.0208. The van der Waals surface area contributed by atoms with E-state index in [0.29, 0.717) is 18.5 Å². The Balaban J connectivity index is 1.50. The van der Waals surface area contributed by atoms with Crippen molar-refractivity contribution in [3.63, 3.8) is 0 Å². The number of fused-ring (bicyclic) bond motifs is 2. The van der Waals surface area contributed by atoms with Gasteiger partial charge in [-0.05, 0) is 36.5 Å². The Hall–Kier alpha value is -2.41. The predicted molar refractivity (Wildman–Crippen MR) is 91.7 cm³/mol. The molecule has 3 aliphatic heterocycles. The van der Waals surface area contributed by atoms with Gasteiger partial charge < -0.3 is 15.0 Å². The number of nitrogens with zero attached hydrogens (tertiary/aromatic N) is 1. The molecule has 0 radical (unpaired) electrons. The van der Waals surface area contributed by atoms with Crippen molar-refractivity contribution in [2.45, 2.75) is 38.3 Å². The average Bonchev–Trinajstić information content (AvgIpc) is 3.12. The Bertz CT molecular complexity index is 859. The molecule has 1 aromatic carbocycles. The molecule has 4 aliphatic rings. The van der Waals surface area contributed by atoms with Gasteiger partial charge in [-0.15, -0.1) is 0 Å². The van der Waals surface area contributed by atoms with E-state index in [-0.39, 0.29) is 29.6 Å². The number of benzene rings is 1. The summed E-state index contributed by atoms with van der Waals surface area (Å²) in [4.78, 5) is 38.2. The van der Waals surface area contributed by atoms with Gasteiger partial charge in [-0.1, -0.05) is 0 Å². The molecular weight excluding hydrogens is 334 g/mol. The Kier molecular flexibility index (Phi) is 3.22. The average molecular weight is 355 g/mol. The molecule has 1 aliphatic carbocycles. The van der Waals surface area contributed by atoms with Gasteiger partial charge in [0.2, 0.25) is 11.8 Å². The zero-order valence-corrected chi connectivity index (χ0v) is 14.7. The van der Waals surface area contributed by atoms with E-state index in [1.54, 1.807) is 12.0 Å². The number of hydrogen-bond acceptors (Lipinski definition) is 5. The number of ether oxygens (including phenoxy) is 1. The number of carbonyl (C=O) groups is 3. The molecule has 2 fully saturated rings. The van der Waals surface area contributed by atoms with Gasteiger partial charge in [0.15, 0.2) is 0 Å². The number of nitrogens with one attached hydrogen (secondary N) is 2. The Labute approximate surface area is 151 Å². The summed E-state index contributed by atoms with van der Waals surface area (Å²) in [5, 5.41) is 5.70. The molecule has 2 N–H and O–H groups in total. The maximum atomic E-state index is 13.0. The molecule has 0 aromatic heterocycles. The lowest BCUT2D eigenvalue weighted by Crippen LogP contribution is -2.54. The van der Waals surface area contributed by atoms with E-state index in [0.717, 1.165) is 37.2 Å². The molecule has 1 spiro atoms. The van der Waals surface area contributed by atoms with Crippen molar-refractivity contribution in [1.29, 1.82) is 0 Å². The first-order valence-corrected chi connectivity index (χ1v) is 9.08. The van der Waals surface area contributed by atoms with Crippen molar-refractivity contribution >= 4 is 17.7 Å². The second-order valence-corrected chi connectivity index (χ2v) is 7.93. The molecule has 3 amide bonds. The van der Waals surface area contributed by atoms with Crippen molar-refractivity contribution in [1.82, 2.24) is 15.5 Å². The SMILES string of the molecule is COc1c2c(cc3c1CN(C1CCC(=O)NC1=O)C3=O)CC1(CNC1)C2. The third kappa shape index (κ3) is 2.06. The number of hydrogen-bond donors (Lipinski definition) is 2. The van der Waals surface area contributed by atoms with Gasteiger partial charge in [0.05, 0.1) is 13.7 Å². The molecule has 2 saturated heterocycles.